The van der Waals surface area contributed by atoms with Crippen LogP contribution in [0.1, 0.15) is 16.8 Å². The summed E-state index contributed by atoms with van der Waals surface area (Å²) in [6.45, 7) is 5.68. The smallest absolute Gasteiger partial charge is 0.225 e. The number of nitrogens with zero attached hydrogens (tertiary/aromatic N) is 6. The molecule has 6 nitrogen and oxygen atoms in total. The predicted octanol–water partition coefficient (Wildman–Crippen LogP) is 2.49. The maximum atomic E-state index is 4.52. The van der Waals surface area contributed by atoms with Crippen molar-refractivity contribution >= 4 is 11.8 Å². The maximum Gasteiger partial charge on any atom is 0.225 e. The van der Waals surface area contributed by atoms with Crippen molar-refractivity contribution in [2.45, 2.75) is 13.3 Å². The summed E-state index contributed by atoms with van der Waals surface area (Å²) in [4.78, 5) is 13.2. The molecule has 3 aromatic rings. The Bertz CT molecular complexity index is 845. The summed E-state index contributed by atoms with van der Waals surface area (Å²) < 4.78 is 0. The highest BCUT2D eigenvalue weighted by Gasteiger charge is 2.21. The Balaban J connectivity index is 1.42. The highest BCUT2D eigenvalue weighted by molar-refractivity contribution is 5.48. The molecule has 0 radical (unpaired) electrons. The van der Waals surface area contributed by atoms with Crippen LogP contribution in [0.15, 0.2) is 54.9 Å². The number of piperazine rings is 1. The second-order valence-electron chi connectivity index (χ2n) is 6.53. The minimum atomic E-state index is 0.799. The first-order valence-electron chi connectivity index (χ1n) is 8.93. The number of anilines is 2. The largest absolute Gasteiger partial charge is 0.351 e. The third kappa shape index (κ3) is 3.64. The standard InChI is InChI=1S/C20H22N6/c1-16-14-18(15-17-6-3-2-4-7-17)23-24-19(16)25-10-12-26(13-11-25)20-21-8-5-9-22-20/h2-9,14H,10-13,15H2,1H3. The van der Waals surface area contributed by atoms with Crippen LogP contribution in [0.25, 0.3) is 0 Å². The molecule has 6 heteroatoms. The fraction of sp³-hybridized carbons (Fsp3) is 0.300. The number of hydrogen-bond donors (Lipinski definition) is 0. The molecule has 1 aromatic carbocycles. The van der Waals surface area contributed by atoms with Crippen molar-refractivity contribution < 1.29 is 0 Å². The second-order valence-corrected chi connectivity index (χ2v) is 6.53. The molecular weight excluding hydrogens is 324 g/mol. The van der Waals surface area contributed by atoms with Gasteiger partial charge < -0.3 is 9.80 Å². The lowest BCUT2D eigenvalue weighted by Gasteiger charge is -2.35. The Morgan fingerprint density at radius 2 is 1.54 bits per heavy atom. The van der Waals surface area contributed by atoms with E-state index in [0.29, 0.717) is 0 Å². The SMILES string of the molecule is Cc1cc(Cc2ccccc2)nnc1N1CCN(c2ncccn2)CC1. The van der Waals surface area contributed by atoms with Gasteiger partial charge in [-0.15, -0.1) is 5.10 Å². The Morgan fingerprint density at radius 1 is 0.846 bits per heavy atom. The Kier molecular flexibility index (Phi) is 4.73. The summed E-state index contributed by atoms with van der Waals surface area (Å²) in [5, 5.41) is 8.98. The lowest BCUT2D eigenvalue weighted by atomic mass is 10.1. The lowest BCUT2D eigenvalue weighted by Crippen LogP contribution is -2.47. The molecule has 3 heterocycles. The van der Waals surface area contributed by atoms with Gasteiger partial charge in [-0.25, -0.2) is 9.97 Å². The van der Waals surface area contributed by atoms with Crippen molar-refractivity contribution in [3.05, 3.63) is 71.7 Å². The van der Waals surface area contributed by atoms with Crippen LogP contribution in [0.5, 0.6) is 0 Å². The summed E-state index contributed by atoms with van der Waals surface area (Å²) in [5.74, 6) is 1.78. The van der Waals surface area contributed by atoms with E-state index in [9.17, 15) is 0 Å². The topological polar surface area (TPSA) is 58.0 Å². The van der Waals surface area contributed by atoms with E-state index in [2.05, 4.69) is 67.2 Å². The van der Waals surface area contributed by atoms with Gasteiger partial charge in [-0.3, -0.25) is 0 Å². The first-order chi connectivity index (χ1) is 12.8. The molecule has 0 N–H and O–H groups in total. The fourth-order valence-corrected chi connectivity index (χ4v) is 3.31. The van der Waals surface area contributed by atoms with E-state index in [1.54, 1.807) is 12.4 Å². The molecule has 0 saturated carbocycles. The van der Waals surface area contributed by atoms with Crippen molar-refractivity contribution in [1.82, 2.24) is 20.2 Å². The van der Waals surface area contributed by atoms with Crippen LogP contribution < -0.4 is 9.80 Å². The molecule has 26 heavy (non-hydrogen) atoms. The van der Waals surface area contributed by atoms with Crippen molar-refractivity contribution in [1.29, 1.82) is 0 Å². The van der Waals surface area contributed by atoms with Crippen molar-refractivity contribution in [2.75, 3.05) is 36.0 Å². The first-order valence-corrected chi connectivity index (χ1v) is 8.93. The van der Waals surface area contributed by atoms with E-state index in [-0.39, 0.29) is 0 Å². The molecule has 2 aromatic heterocycles. The maximum absolute atomic E-state index is 4.52. The van der Waals surface area contributed by atoms with Crippen LogP contribution in [0.3, 0.4) is 0 Å². The molecule has 1 aliphatic heterocycles. The molecule has 4 rings (SSSR count). The van der Waals surface area contributed by atoms with Crippen LogP contribution in [0.4, 0.5) is 11.8 Å². The van der Waals surface area contributed by atoms with E-state index in [1.165, 1.54) is 11.1 Å². The summed E-state index contributed by atoms with van der Waals surface area (Å²) >= 11 is 0. The van der Waals surface area contributed by atoms with Gasteiger partial charge in [0.05, 0.1) is 5.69 Å². The predicted molar refractivity (Wildman–Crippen MR) is 102 cm³/mol. The average molecular weight is 346 g/mol. The molecule has 1 aliphatic rings. The number of rotatable bonds is 4. The first kappa shape index (κ1) is 16.4. The van der Waals surface area contributed by atoms with Crippen LogP contribution >= 0.6 is 0 Å². The molecule has 0 atom stereocenters. The zero-order chi connectivity index (χ0) is 17.8. The van der Waals surface area contributed by atoms with E-state index in [4.69, 9.17) is 0 Å². The summed E-state index contributed by atoms with van der Waals surface area (Å²) in [7, 11) is 0. The number of aromatic nitrogens is 4. The van der Waals surface area contributed by atoms with E-state index < -0.39 is 0 Å². The lowest BCUT2D eigenvalue weighted by molar-refractivity contribution is 0.629. The summed E-state index contributed by atoms with van der Waals surface area (Å²) in [6.07, 6.45) is 4.39. The summed E-state index contributed by atoms with van der Waals surface area (Å²) in [6, 6.07) is 14.4. The van der Waals surface area contributed by atoms with Gasteiger partial charge >= 0.3 is 0 Å². The molecule has 0 spiro atoms. The van der Waals surface area contributed by atoms with Gasteiger partial charge in [-0.2, -0.15) is 5.10 Å². The second kappa shape index (κ2) is 7.47. The molecular formula is C20H22N6. The summed E-state index contributed by atoms with van der Waals surface area (Å²) in [5.41, 5.74) is 3.44. The van der Waals surface area contributed by atoms with E-state index in [0.717, 1.165) is 50.1 Å². The molecule has 0 bridgehead atoms. The normalized spacial score (nSPS) is 14.5. The van der Waals surface area contributed by atoms with Crippen molar-refractivity contribution in [3.63, 3.8) is 0 Å². The number of benzene rings is 1. The monoisotopic (exact) mass is 346 g/mol. The molecule has 1 fully saturated rings. The highest BCUT2D eigenvalue weighted by Crippen LogP contribution is 2.20. The van der Waals surface area contributed by atoms with Crippen LogP contribution in [0, 0.1) is 6.92 Å². The van der Waals surface area contributed by atoms with Crippen molar-refractivity contribution in [2.24, 2.45) is 0 Å². The van der Waals surface area contributed by atoms with Gasteiger partial charge in [0.1, 0.15) is 0 Å². The Hall–Kier alpha value is -3.02. The van der Waals surface area contributed by atoms with Crippen molar-refractivity contribution in [3.8, 4) is 0 Å². The molecule has 132 valence electrons. The molecule has 0 unspecified atom stereocenters. The van der Waals surface area contributed by atoms with E-state index >= 15 is 0 Å². The average Bonchev–Trinajstić information content (AvgIpc) is 2.70. The molecule has 0 amide bonds. The number of hydrogen-bond acceptors (Lipinski definition) is 6. The molecule has 1 saturated heterocycles. The molecule has 0 aliphatic carbocycles. The van der Waals surface area contributed by atoms with Gasteiger partial charge in [0.25, 0.3) is 0 Å². The fourth-order valence-electron chi connectivity index (χ4n) is 3.31. The van der Waals surface area contributed by atoms with Gasteiger partial charge in [-0.1, -0.05) is 30.3 Å². The third-order valence-electron chi connectivity index (χ3n) is 4.65. The van der Waals surface area contributed by atoms with Gasteiger partial charge in [-0.05, 0) is 30.2 Å². The van der Waals surface area contributed by atoms with Crippen LogP contribution in [0.2, 0.25) is 0 Å². The van der Waals surface area contributed by atoms with Crippen LogP contribution in [-0.4, -0.2) is 46.3 Å². The van der Waals surface area contributed by atoms with Gasteiger partial charge in [0, 0.05) is 45.0 Å². The Labute approximate surface area is 153 Å². The van der Waals surface area contributed by atoms with Crippen LogP contribution in [-0.2, 0) is 6.42 Å². The van der Waals surface area contributed by atoms with Gasteiger partial charge in [0.15, 0.2) is 5.82 Å². The Morgan fingerprint density at radius 3 is 2.23 bits per heavy atom. The highest BCUT2D eigenvalue weighted by atomic mass is 15.3. The minimum Gasteiger partial charge on any atom is -0.351 e. The van der Waals surface area contributed by atoms with Gasteiger partial charge in [0.2, 0.25) is 5.95 Å². The quantitative estimate of drug-likeness (QED) is 0.723. The number of aryl methyl sites for hydroxylation is 1. The third-order valence-corrected chi connectivity index (χ3v) is 4.65. The zero-order valence-electron chi connectivity index (χ0n) is 14.9. The van der Waals surface area contributed by atoms with E-state index in [1.807, 2.05) is 12.1 Å². The minimum absolute atomic E-state index is 0.799. The zero-order valence-corrected chi connectivity index (χ0v) is 14.9.